The molecular weight excluding hydrogens is 299 g/mol. The fraction of sp³-hybridized carbons (Fsp3) is 0.462. The van der Waals surface area contributed by atoms with Crippen molar-refractivity contribution in [1.82, 2.24) is 4.31 Å². The molecule has 114 valence electrons. The first-order valence-corrected chi connectivity index (χ1v) is 7.79. The Morgan fingerprint density at radius 1 is 1.52 bits per heavy atom. The Labute approximate surface area is 122 Å². The van der Waals surface area contributed by atoms with Gasteiger partial charge < -0.3 is 9.84 Å². The second kappa shape index (κ2) is 6.07. The van der Waals surface area contributed by atoms with E-state index in [2.05, 4.69) is 0 Å². The molecule has 1 heterocycles. The molecule has 1 N–H and O–H groups in total. The van der Waals surface area contributed by atoms with Crippen LogP contribution >= 0.6 is 0 Å². The molecule has 0 amide bonds. The number of rotatable bonds is 3. The van der Waals surface area contributed by atoms with Gasteiger partial charge in [0.2, 0.25) is 10.0 Å². The summed E-state index contributed by atoms with van der Waals surface area (Å²) in [6.45, 7) is 1.41. The van der Waals surface area contributed by atoms with Crippen LogP contribution in [0, 0.1) is 17.1 Å². The second-order valence-electron chi connectivity index (χ2n) is 4.80. The van der Waals surface area contributed by atoms with Crippen molar-refractivity contribution in [1.29, 1.82) is 5.26 Å². The zero-order valence-electron chi connectivity index (χ0n) is 11.4. The van der Waals surface area contributed by atoms with Gasteiger partial charge in [0.05, 0.1) is 18.8 Å². The third-order valence-corrected chi connectivity index (χ3v) is 5.08. The molecule has 2 unspecified atom stereocenters. The van der Waals surface area contributed by atoms with E-state index < -0.39 is 33.6 Å². The van der Waals surface area contributed by atoms with E-state index in [9.17, 15) is 12.8 Å². The largest absolute Gasteiger partial charge is 0.394 e. The summed E-state index contributed by atoms with van der Waals surface area (Å²) in [6.07, 6.45) is -1.03. The van der Waals surface area contributed by atoms with Crippen LogP contribution in [0.3, 0.4) is 0 Å². The lowest BCUT2D eigenvalue weighted by Gasteiger charge is -2.35. The first kappa shape index (κ1) is 15.9. The summed E-state index contributed by atoms with van der Waals surface area (Å²) in [4.78, 5) is -0.365. The summed E-state index contributed by atoms with van der Waals surface area (Å²) in [7, 11) is -4.02. The molecule has 0 saturated carbocycles. The van der Waals surface area contributed by atoms with Crippen LogP contribution in [0.15, 0.2) is 23.1 Å². The average molecular weight is 314 g/mol. The maximum absolute atomic E-state index is 13.6. The first-order valence-electron chi connectivity index (χ1n) is 6.35. The molecule has 21 heavy (non-hydrogen) atoms. The van der Waals surface area contributed by atoms with Gasteiger partial charge in [-0.15, -0.1) is 0 Å². The number of ether oxygens (including phenoxy) is 1. The van der Waals surface area contributed by atoms with E-state index in [1.54, 1.807) is 13.0 Å². The zero-order chi connectivity index (χ0) is 15.6. The summed E-state index contributed by atoms with van der Waals surface area (Å²) in [6, 6.07) is 5.07. The van der Waals surface area contributed by atoms with E-state index in [0.717, 1.165) is 10.4 Å². The fourth-order valence-corrected chi connectivity index (χ4v) is 3.97. The van der Waals surface area contributed by atoms with Crippen molar-refractivity contribution in [3.05, 3.63) is 29.6 Å². The van der Waals surface area contributed by atoms with Gasteiger partial charge in [0.15, 0.2) is 0 Å². The summed E-state index contributed by atoms with van der Waals surface area (Å²) >= 11 is 0. The van der Waals surface area contributed by atoms with Crippen LogP contribution in [0.5, 0.6) is 0 Å². The molecule has 1 aliphatic heterocycles. The molecule has 0 spiro atoms. The van der Waals surface area contributed by atoms with E-state index >= 15 is 0 Å². The predicted molar refractivity (Wildman–Crippen MR) is 71.3 cm³/mol. The topological polar surface area (TPSA) is 90.6 Å². The minimum atomic E-state index is -4.02. The van der Waals surface area contributed by atoms with Gasteiger partial charge in [-0.05, 0) is 19.1 Å². The van der Waals surface area contributed by atoms with Gasteiger partial charge in [-0.2, -0.15) is 9.57 Å². The number of hydrogen-bond acceptors (Lipinski definition) is 5. The maximum atomic E-state index is 13.6. The Morgan fingerprint density at radius 2 is 2.24 bits per heavy atom. The Bertz CT molecular complexity index is 671. The summed E-state index contributed by atoms with van der Waals surface area (Å²) in [5.74, 6) is -0.876. The number of halogens is 1. The minimum Gasteiger partial charge on any atom is -0.394 e. The Balaban J connectivity index is 2.43. The summed E-state index contributed by atoms with van der Waals surface area (Å²) < 4.78 is 45.3. The number of nitrogens with zero attached hydrogens (tertiary/aromatic N) is 2. The molecule has 1 aliphatic rings. The van der Waals surface area contributed by atoms with E-state index in [4.69, 9.17) is 15.1 Å². The highest BCUT2D eigenvalue weighted by molar-refractivity contribution is 7.89. The molecular formula is C13H15FN2O4S. The molecule has 0 bridgehead atoms. The van der Waals surface area contributed by atoms with Crippen molar-refractivity contribution >= 4 is 10.0 Å². The lowest BCUT2D eigenvalue weighted by Crippen LogP contribution is -2.50. The third kappa shape index (κ3) is 3.06. The Morgan fingerprint density at radius 3 is 2.86 bits per heavy atom. The van der Waals surface area contributed by atoms with Gasteiger partial charge in [0.25, 0.3) is 0 Å². The molecule has 1 aromatic rings. The van der Waals surface area contributed by atoms with Gasteiger partial charge in [0, 0.05) is 13.1 Å². The number of aliphatic hydroxyl groups is 1. The molecule has 1 saturated heterocycles. The molecule has 8 heteroatoms. The van der Waals surface area contributed by atoms with Crippen molar-refractivity contribution in [2.75, 3.05) is 19.7 Å². The molecule has 0 aromatic heterocycles. The van der Waals surface area contributed by atoms with Crippen LogP contribution in [-0.4, -0.2) is 49.7 Å². The second-order valence-corrected chi connectivity index (χ2v) is 6.70. The van der Waals surface area contributed by atoms with Crippen LogP contribution in [-0.2, 0) is 14.8 Å². The first-order chi connectivity index (χ1) is 9.90. The van der Waals surface area contributed by atoms with Crippen LogP contribution in [0.25, 0.3) is 0 Å². The van der Waals surface area contributed by atoms with Gasteiger partial charge in [0.1, 0.15) is 22.3 Å². The number of hydrogen-bond donors (Lipinski definition) is 1. The van der Waals surface area contributed by atoms with Crippen molar-refractivity contribution in [2.24, 2.45) is 0 Å². The number of sulfonamides is 1. The summed E-state index contributed by atoms with van der Waals surface area (Å²) in [5, 5.41) is 18.1. The standard InChI is InChI=1S/C13H15FN2O4S/c1-9-6-16(7-10(8-17)20-9)21(18,19)13-4-2-3-12(14)11(13)5-15/h2-4,9-10,17H,6-8H2,1H3. The van der Waals surface area contributed by atoms with E-state index in [0.29, 0.717) is 0 Å². The molecule has 1 aromatic carbocycles. The van der Waals surface area contributed by atoms with E-state index in [-0.39, 0.29) is 24.6 Å². The quantitative estimate of drug-likeness (QED) is 0.875. The van der Waals surface area contributed by atoms with Gasteiger partial charge in [-0.25, -0.2) is 12.8 Å². The number of morpholine rings is 1. The number of nitriles is 1. The van der Waals surface area contributed by atoms with Crippen LogP contribution in [0.1, 0.15) is 12.5 Å². The van der Waals surface area contributed by atoms with Gasteiger partial charge in [-0.1, -0.05) is 6.07 Å². The maximum Gasteiger partial charge on any atom is 0.244 e. The van der Waals surface area contributed by atoms with Crippen LogP contribution < -0.4 is 0 Å². The summed E-state index contributed by atoms with van der Waals surface area (Å²) in [5.41, 5.74) is -0.503. The van der Waals surface area contributed by atoms with Crippen LogP contribution in [0.2, 0.25) is 0 Å². The monoisotopic (exact) mass is 314 g/mol. The van der Waals surface area contributed by atoms with Crippen molar-refractivity contribution < 1.29 is 22.7 Å². The molecule has 6 nitrogen and oxygen atoms in total. The highest BCUT2D eigenvalue weighted by atomic mass is 32.2. The lowest BCUT2D eigenvalue weighted by molar-refractivity contribution is -0.0750. The zero-order valence-corrected chi connectivity index (χ0v) is 12.2. The highest BCUT2D eigenvalue weighted by Crippen LogP contribution is 2.25. The normalized spacial score (nSPS) is 23.7. The fourth-order valence-electron chi connectivity index (χ4n) is 2.27. The molecule has 0 radical (unpaired) electrons. The molecule has 2 rings (SSSR count). The highest BCUT2D eigenvalue weighted by Gasteiger charge is 2.35. The predicted octanol–water partition coefficient (Wildman–Crippen LogP) is 0.468. The lowest BCUT2D eigenvalue weighted by atomic mass is 10.2. The molecule has 0 aliphatic carbocycles. The average Bonchev–Trinajstić information content (AvgIpc) is 2.46. The SMILES string of the molecule is CC1CN(S(=O)(=O)c2cccc(F)c2C#N)CC(CO)O1. The van der Waals surface area contributed by atoms with Gasteiger partial charge >= 0.3 is 0 Å². The smallest absolute Gasteiger partial charge is 0.244 e. The van der Waals surface area contributed by atoms with Crippen molar-refractivity contribution in [3.63, 3.8) is 0 Å². The molecule has 1 fully saturated rings. The van der Waals surface area contributed by atoms with E-state index in [1.165, 1.54) is 12.1 Å². The Hall–Kier alpha value is -1.53. The minimum absolute atomic E-state index is 0.0371. The Kier molecular flexibility index (Phi) is 4.58. The number of aliphatic hydroxyl groups excluding tert-OH is 1. The molecule has 2 atom stereocenters. The number of benzene rings is 1. The van der Waals surface area contributed by atoms with Crippen molar-refractivity contribution in [2.45, 2.75) is 24.0 Å². The van der Waals surface area contributed by atoms with E-state index in [1.807, 2.05) is 0 Å². The van der Waals surface area contributed by atoms with Crippen LogP contribution in [0.4, 0.5) is 4.39 Å². The van der Waals surface area contributed by atoms with Gasteiger partial charge in [-0.3, -0.25) is 0 Å². The van der Waals surface area contributed by atoms with Crippen molar-refractivity contribution in [3.8, 4) is 6.07 Å². The third-order valence-electron chi connectivity index (χ3n) is 3.20.